The molecule has 1 aromatic rings. The zero-order valence-electron chi connectivity index (χ0n) is 9.90. The van der Waals surface area contributed by atoms with Crippen molar-refractivity contribution in [3.63, 3.8) is 0 Å². The van der Waals surface area contributed by atoms with E-state index in [0.29, 0.717) is 6.42 Å². The quantitative estimate of drug-likeness (QED) is 0.709. The molecule has 0 aromatic heterocycles. The summed E-state index contributed by atoms with van der Waals surface area (Å²) in [6.07, 6.45) is 6.81. The van der Waals surface area contributed by atoms with Crippen LogP contribution in [0.2, 0.25) is 0 Å². The maximum atomic E-state index is 11.1. The number of hydrogen-bond donors (Lipinski definition) is 0. The number of methoxy groups -OCH3 is 1. The Bertz CT molecular complexity index is 367. The molecule has 86 valence electrons. The van der Waals surface area contributed by atoms with Crippen LogP contribution in [0.1, 0.15) is 30.9 Å². The van der Waals surface area contributed by atoms with Gasteiger partial charge in [0, 0.05) is 0 Å². The second-order valence-corrected chi connectivity index (χ2v) is 3.69. The summed E-state index contributed by atoms with van der Waals surface area (Å²) in [7, 11) is 1.41. The fourth-order valence-corrected chi connectivity index (χ4v) is 1.43. The predicted octanol–water partition coefficient (Wildman–Crippen LogP) is 3.22. The number of rotatable bonds is 5. The second kappa shape index (κ2) is 6.83. The molecule has 0 aliphatic heterocycles. The van der Waals surface area contributed by atoms with Gasteiger partial charge < -0.3 is 4.74 Å². The molecular formula is C14H18O2. The van der Waals surface area contributed by atoms with Gasteiger partial charge in [-0.05, 0) is 17.5 Å². The second-order valence-electron chi connectivity index (χ2n) is 3.69. The van der Waals surface area contributed by atoms with Crippen LogP contribution in [0, 0.1) is 0 Å². The molecule has 0 fully saturated rings. The number of allylic oxidation sites excluding steroid dienone is 1. The standard InChI is InChI=1S/C14H18O2/c1-3-4-5-7-12-8-6-9-13(10-12)11-14(15)16-2/h5-10H,3-4,11H2,1-2H3/b7-5+. The van der Waals surface area contributed by atoms with Gasteiger partial charge in [-0.25, -0.2) is 0 Å². The maximum Gasteiger partial charge on any atom is 0.309 e. The summed E-state index contributed by atoms with van der Waals surface area (Å²) in [4.78, 5) is 11.1. The van der Waals surface area contributed by atoms with Crippen LogP contribution in [-0.4, -0.2) is 13.1 Å². The van der Waals surface area contributed by atoms with Gasteiger partial charge in [-0.3, -0.25) is 4.79 Å². The van der Waals surface area contributed by atoms with Gasteiger partial charge in [0.05, 0.1) is 13.5 Å². The van der Waals surface area contributed by atoms with E-state index in [1.54, 1.807) is 0 Å². The van der Waals surface area contributed by atoms with Crippen molar-refractivity contribution in [3.8, 4) is 0 Å². The lowest BCUT2D eigenvalue weighted by Gasteiger charge is -2.01. The molecule has 0 N–H and O–H groups in total. The fraction of sp³-hybridized carbons (Fsp3) is 0.357. The first-order valence-electron chi connectivity index (χ1n) is 5.58. The van der Waals surface area contributed by atoms with Gasteiger partial charge in [-0.15, -0.1) is 0 Å². The van der Waals surface area contributed by atoms with Crippen molar-refractivity contribution in [2.24, 2.45) is 0 Å². The number of hydrogen-bond acceptors (Lipinski definition) is 2. The van der Waals surface area contributed by atoms with Gasteiger partial charge in [-0.2, -0.15) is 0 Å². The van der Waals surface area contributed by atoms with E-state index in [1.807, 2.05) is 24.3 Å². The van der Waals surface area contributed by atoms with Crippen LogP contribution in [0.4, 0.5) is 0 Å². The zero-order chi connectivity index (χ0) is 11.8. The van der Waals surface area contributed by atoms with Gasteiger partial charge in [0.1, 0.15) is 0 Å². The van der Waals surface area contributed by atoms with Crippen LogP contribution in [-0.2, 0) is 16.0 Å². The summed E-state index contributed by atoms with van der Waals surface area (Å²) in [5.74, 6) is -0.199. The summed E-state index contributed by atoms with van der Waals surface area (Å²) in [6.45, 7) is 2.15. The third-order valence-corrected chi connectivity index (χ3v) is 2.29. The van der Waals surface area contributed by atoms with Crippen LogP contribution >= 0.6 is 0 Å². The van der Waals surface area contributed by atoms with Gasteiger partial charge in [-0.1, -0.05) is 49.8 Å². The third-order valence-electron chi connectivity index (χ3n) is 2.29. The first-order valence-corrected chi connectivity index (χ1v) is 5.58. The molecular weight excluding hydrogens is 200 g/mol. The van der Waals surface area contributed by atoms with E-state index in [2.05, 4.69) is 23.8 Å². The van der Waals surface area contributed by atoms with Crippen molar-refractivity contribution >= 4 is 12.0 Å². The maximum absolute atomic E-state index is 11.1. The molecule has 0 heterocycles. The minimum absolute atomic E-state index is 0.199. The van der Waals surface area contributed by atoms with E-state index in [1.165, 1.54) is 7.11 Å². The Kier molecular flexibility index (Phi) is 5.34. The van der Waals surface area contributed by atoms with Crippen molar-refractivity contribution in [2.45, 2.75) is 26.2 Å². The van der Waals surface area contributed by atoms with Gasteiger partial charge in [0.2, 0.25) is 0 Å². The lowest BCUT2D eigenvalue weighted by molar-refractivity contribution is -0.139. The molecule has 1 aromatic carbocycles. The topological polar surface area (TPSA) is 26.3 Å². The van der Waals surface area contributed by atoms with Gasteiger partial charge >= 0.3 is 5.97 Å². The predicted molar refractivity (Wildman–Crippen MR) is 66.1 cm³/mol. The highest BCUT2D eigenvalue weighted by Crippen LogP contribution is 2.09. The number of unbranched alkanes of at least 4 members (excludes halogenated alkanes) is 1. The molecule has 0 unspecified atom stereocenters. The Hall–Kier alpha value is -1.57. The molecule has 0 atom stereocenters. The highest BCUT2D eigenvalue weighted by molar-refractivity contribution is 5.72. The summed E-state index contributed by atoms with van der Waals surface area (Å²) in [5, 5.41) is 0. The highest BCUT2D eigenvalue weighted by atomic mass is 16.5. The van der Waals surface area contributed by atoms with E-state index >= 15 is 0 Å². The average Bonchev–Trinajstić information content (AvgIpc) is 2.30. The normalized spacial score (nSPS) is 10.6. The van der Waals surface area contributed by atoms with Gasteiger partial charge in [0.15, 0.2) is 0 Å². The van der Waals surface area contributed by atoms with E-state index in [9.17, 15) is 4.79 Å². The van der Waals surface area contributed by atoms with Crippen LogP contribution in [0.5, 0.6) is 0 Å². The molecule has 0 amide bonds. The molecule has 0 aliphatic rings. The molecule has 2 heteroatoms. The molecule has 0 spiro atoms. The average molecular weight is 218 g/mol. The zero-order valence-corrected chi connectivity index (χ0v) is 9.90. The molecule has 1 rings (SSSR count). The summed E-state index contributed by atoms with van der Waals surface area (Å²) >= 11 is 0. The monoisotopic (exact) mass is 218 g/mol. The van der Waals surface area contributed by atoms with Crippen LogP contribution < -0.4 is 0 Å². The Labute approximate surface area is 96.9 Å². The molecule has 0 aliphatic carbocycles. The molecule has 0 saturated heterocycles. The first-order chi connectivity index (χ1) is 7.76. The van der Waals surface area contributed by atoms with E-state index in [4.69, 9.17) is 0 Å². The molecule has 0 saturated carbocycles. The third kappa shape index (κ3) is 4.30. The Balaban J connectivity index is 2.67. The Morgan fingerprint density at radius 1 is 1.44 bits per heavy atom. The van der Waals surface area contributed by atoms with Crippen molar-refractivity contribution in [1.82, 2.24) is 0 Å². The number of carbonyl (C=O) groups is 1. The van der Waals surface area contributed by atoms with Crippen LogP contribution in [0.3, 0.4) is 0 Å². The molecule has 0 radical (unpaired) electrons. The van der Waals surface area contributed by atoms with E-state index in [0.717, 1.165) is 24.0 Å². The van der Waals surface area contributed by atoms with Crippen LogP contribution in [0.25, 0.3) is 6.08 Å². The smallest absolute Gasteiger partial charge is 0.309 e. The molecule has 16 heavy (non-hydrogen) atoms. The Morgan fingerprint density at radius 2 is 2.25 bits per heavy atom. The van der Waals surface area contributed by atoms with Crippen molar-refractivity contribution in [1.29, 1.82) is 0 Å². The minimum atomic E-state index is -0.199. The fourth-order valence-electron chi connectivity index (χ4n) is 1.43. The lowest BCUT2D eigenvalue weighted by Crippen LogP contribution is -2.04. The summed E-state index contributed by atoms with van der Waals surface area (Å²) in [5.41, 5.74) is 2.13. The largest absolute Gasteiger partial charge is 0.469 e. The highest BCUT2D eigenvalue weighted by Gasteiger charge is 2.02. The molecule has 0 bridgehead atoms. The number of carbonyl (C=O) groups excluding carboxylic acids is 1. The summed E-state index contributed by atoms with van der Waals surface area (Å²) in [6, 6.07) is 7.95. The lowest BCUT2D eigenvalue weighted by atomic mass is 10.1. The summed E-state index contributed by atoms with van der Waals surface area (Å²) < 4.78 is 4.64. The minimum Gasteiger partial charge on any atom is -0.469 e. The van der Waals surface area contributed by atoms with E-state index in [-0.39, 0.29) is 5.97 Å². The number of ether oxygens (including phenoxy) is 1. The Morgan fingerprint density at radius 3 is 2.94 bits per heavy atom. The SMILES string of the molecule is CCC/C=C/c1cccc(CC(=O)OC)c1. The first kappa shape index (κ1) is 12.5. The number of benzene rings is 1. The number of esters is 1. The van der Waals surface area contributed by atoms with Gasteiger partial charge in [0.25, 0.3) is 0 Å². The molecule has 2 nitrogen and oxygen atoms in total. The van der Waals surface area contributed by atoms with Crippen LogP contribution in [0.15, 0.2) is 30.3 Å². The van der Waals surface area contributed by atoms with Crippen molar-refractivity contribution < 1.29 is 9.53 Å². The van der Waals surface area contributed by atoms with Crippen molar-refractivity contribution in [3.05, 3.63) is 41.5 Å². The van der Waals surface area contributed by atoms with Crippen molar-refractivity contribution in [2.75, 3.05) is 7.11 Å². The van der Waals surface area contributed by atoms with E-state index < -0.39 is 0 Å².